The number of rotatable bonds is 9. The molecule has 0 saturated carbocycles. The Bertz CT molecular complexity index is 706. The minimum absolute atomic E-state index is 0.239. The Morgan fingerprint density at radius 1 is 1.23 bits per heavy atom. The normalized spacial score (nSPS) is 15.4. The van der Waals surface area contributed by atoms with Crippen molar-refractivity contribution in [3.05, 3.63) is 42.0 Å². The molecule has 3 N–H and O–H groups in total. The quantitative estimate of drug-likeness (QED) is 0.261. The van der Waals surface area contributed by atoms with Crippen molar-refractivity contribution in [1.29, 1.82) is 0 Å². The molecule has 0 aromatic heterocycles. The minimum Gasteiger partial charge on any atom is -0.383 e. The van der Waals surface area contributed by atoms with Gasteiger partial charge in [0.1, 0.15) is 0 Å². The largest absolute Gasteiger partial charge is 0.383 e. The summed E-state index contributed by atoms with van der Waals surface area (Å²) in [5.74, 6) is 0.777. The van der Waals surface area contributed by atoms with E-state index in [9.17, 15) is 8.42 Å². The molecule has 1 aromatic rings. The number of hydrogen-bond donors (Lipinski definition) is 3. The summed E-state index contributed by atoms with van der Waals surface area (Å²) in [7, 11) is -1.97. The molecule has 0 bridgehead atoms. The highest BCUT2D eigenvalue weighted by Gasteiger charge is 2.13. The molecule has 0 radical (unpaired) electrons. The van der Waals surface area contributed by atoms with Crippen LogP contribution in [0.15, 0.2) is 46.3 Å². The van der Waals surface area contributed by atoms with Gasteiger partial charge in [-0.05, 0) is 37.5 Å². The molecule has 0 atom stereocenters. The number of benzene rings is 1. The summed E-state index contributed by atoms with van der Waals surface area (Å²) < 4.78 is 31.6. The van der Waals surface area contributed by atoms with Crippen molar-refractivity contribution in [1.82, 2.24) is 15.4 Å². The van der Waals surface area contributed by atoms with Gasteiger partial charge in [-0.25, -0.2) is 18.1 Å². The molecule has 0 unspecified atom stereocenters. The summed E-state index contributed by atoms with van der Waals surface area (Å²) in [4.78, 5) is 4.82. The van der Waals surface area contributed by atoms with Crippen LogP contribution in [0.1, 0.15) is 25.3 Å². The Morgan fingerprint density at radius 2 is 1.92 bits per heavy atom. The molecule has 26 heavy (non-hydrogen) atoms. The first kappa shape index (κ1) is 20.4. The highest BCUT2D eigenvalue weighted by Crippen LogP contribution is 2.12. The Hall–Kier alpha value is -1.90. The van der Waals surface area contributed by atoms with Crippen molar-refractivity contribution in [2.75, 3.05) is 26.8 Å². The maximum atomic E-state index is 12.1. The third kappa shape index (κ3) is 6.44. The van der Waals surface area contributed by atoms with Crippen molar-refractivity contribution in [3.8, 4) is 0 Å². The predicted octanol–water partition coefficient (Wildman–Crippen LogP) is 1.39. The molecule has 0 amide bonds. The summed E-state index contributed by atoms with van der Waals surface area (Å²) in [5, 5.41) is 6.65. The number of hydrogen-bond acceptors (Lipinski definition) is 4. The van der Waals surface area contributed by atoms with E-state index in [2.05, 4.69) is 32.5 Å². The number of sulfonamides is 1. The summed E-state index contributed by atoms with van der Waals surface area (Å²) in [5.41, 5.74) is 0.947. The lowest BCUT2D eigenvalue weighted by Crippen LogP contribution is -2.42. The lowest BCUT2D eigenvalue weighted by atomic mass is 10.2. The van der Waals surface area contributed by atoms with Crippen LogP contribution in [0.25, 0.3) is 0 Å². The second-order valence-electron chi connectivity index (χ2n) is 6.01. The summed E-state index contributed by atoms with van der Waals surface area (Å²) in [6.07, 6.45) is 6.35. The highest BCUT2D eigenvalue weighted by atomic mass is 32.2. The van der Waals surface area contributed by atoms with E-state index >= 15 is 0 Å². The van der Waals surface area contributed by atoms with Crippen LogP contribution in [-0.4, -0.2) is 47.2 Å². The van der Waals surface area contributed by atoms with Crippen LogP contribution >= 0.6 is 0 Å². The van der Waals surface area contributed by atoms with Gasteiger partial charge in [0.25, 0.3) is 0 Å². The summed E-state index contributed by atoms with van der Waals surface area (Å²) in [6.45, 7) is 3.88. The Morgan fingerprint density at radius 3 is 2.54 bits per heavy atom. The second-order valence-corrected chi connectivity index (χ2v) is 7.78. The molecular weight excluding hydrogens is 352 g/mol. The van der Waals surface area contributed by atoms with Gasteiger partial charge in [0.2, 0.25) is 10.0 Å². The van der Waals surface area contributed by atoms with Crippen LogP contribution in [0.3, 0.4) is 0 Å². The number of ether oxygens (including phenoxy) is 1. The highest BCUT2D eigenvalue weighted by molar-refractivity contribution is 7.89. The van der Waals surface area contributed by atoms with Crippen molar-refractivity contribution >= 4 is 16.0 Å². The Labute approximate surface area is 156 Å². The zero-order valence-electron chi connectivity index (χ0n) is 15.4. The SMILES string of the molecule is CCNC(=NCc1ccc(S(=O)(=O)NCCOC)cc1)NC1CC=CC1. The van der Waals surface area contributed by atoms with E-state index in [0.29, 0.717) is 19.2 Å². The molecule has 0 spiro atoms. The molecule has 1 aromatic carbocycles. The number of aliphatic imine (C=N–C) groups is 1. The first-order chi connectivity index (χ1) is 12.5. The molecule has 1 aliphatic rings. The number of nitrogens with zero attached hydrogens (tertiary/aromatic N) is 1. The van der Waals surface area contributed by atoms with Gasteiger partial charge in [0.15, 0.2) is 5.96 Å². The van der Waals surface area contributed by atoms with Crippen LogP contribution in [0, 0.1) is 0 Å². The van der Waals surface area contributed by atoms with E-state index in [-0.39, 0.29) is 11.4 Å². The smallest absolute Gasteiger partial charge is 0.240 e. The molecule has 0 aliphatic heterocycles. The van der Waals surface area contributed by atoms with Gasteiger partial charge in [-0.2, -0.15) is 0 Å². The second kappa shape index (κ2) is 10.3. The van der Waals surface area contributed by atoms with E-state index in [4.69, 9.17) is 4.74 Å². The van der Waals surface area contributed by atoms with Crippen LogP contribution in [0.4, 0.5) is 0 Å². The van der Waals surface area contributed by atoms with Crippen molar-refractivity contribution < 1.29 is 13.2 Å². The van der Waals surface area contributed by atoms with Gasteiger partial charge in [0, 0.05) is 26.2 Å². The van der Waals surface area contributed by atoms with Gasteiger partial charge >= 0.3 is 0 Å². The fourth-order valence-corrected chi connectivity index (χ4v) is 3.57. The lowest BCUT2D eigenvalue weighted by molar-refractivity contribution is 0.204. The number of nitrogens with one attached hydrogen (secondary N) is 3. The van der Waals surface area contributed by atoms with E-state index in [1.54, 1.807) is 24.3 Å². The first-order valence-electron chi connectivity index (χ1n) is 8.82. The zero-order valence-corrected chi connectivity index (χ0v) is 16.2. The van der Waals surface area contributed by atoms with Gasteiger partial charge in [-0.3, -0.25) is 0 Å². The molecule has 0 fully saturated rings. The van der Waals surface area contributed by atoms with Crippen molar-refractivity contribution in [2.24, 2.45) is 4.99 Å². The number of methoxy groups -OCH3 is 1. The van der Waals surface area contributed by atoms with E-state index in [1.165, 1.54) is 7.11 Å². The Kier molecular flexibility index (Phi) is 8.08. The van der Waals surface area contributed by atoms with Gasteiger partial charge in [0.05, 0.1) is 18.0 Å². The fourth-order valence-electron chi connectivity index (χ4n) is 2.55. The lowest BCUT2D eigenvalue weighted by Gasteiger charge is -2.16. The molecule has 8 heteroatoms. The molecule has 1 aliphatic carbocycles. The third-order valence-corrected chi connectivity index (χ3v) is 5.42. The van der Waals surface area contributed by atoms with E-state index in [1.807, 2.05) is 6.92 Å². The first-order valence-corrected chi connectivity index (χ1v) is 10.3. The summed E-state index contributed by atoms with van der Waals surface area (Å²) in [6, 6.07) is 7.16. The Balaban J connectivity index is 1.95. The topological polar surface area (TPSA) is 91.8 Å². The average Bonchev–Trinajstić information content (AvgIpc) is 3.13. The van der Waals surface area contributed by atoms with Gasteiger partial charge in [-0.15, -0.1) is 0 Å². The average molecular weight is 381 g/mol. The maximum absolute atomic E-state index is 12.1. The molecule has 144 valence electrons. The maximum Gasteiger partial charge on any atom is 0.240 e. The molecule has 2 rings (SSSR count). The standard InChI is InChI=1S/C18H28N4O3S/c1-3-19-18(22-16-6-4-5-7-16)20-14-15-8-10-17(11-9-15)26(23,24)21-12-13-25-2/h4-5,8-11,16,21H,3,6-7,12-14H2,1-2H3,(H2,19,20,22). The molecule has 7 nitrogen and oxygen atoms in total. The van der Waals surface area contributed by atoms with E-state index in [0.717, 1.165) is 30.9 Å². The van der Waals surface area contributed by atoms with E-state index < -0.39 is 10.0 Å². The molecule has 0 heterocycles. The molecular formula is C18H28N4O3S. The van der Waals surface area contributed by atoms with Gasteiger partial charge < -0.3 is 15.4 Å². The third-order valence-electron chi connectivity index (χ3n) is 3.94. The summed E-state index contributed by atoms with van der Waals surface area (Å²) >= 11 is 0. The van der Waals surface area contributed by atoms with Crippen molar-refractivity contribution in [3.63, 3.8) is 0 Å². The monoisotopic (exact) mass is 380 g/mol. The predicted molar refractivity (Wildman–Crippen MR) is 104 cm³/mol. The zero-order chi connectivity index (χ0) is 18.8. The van der Waals surface area contributed by atoms with Crippen LogP contribution < -0.4 is 15.4 Å². The fraction of sp³-hybridized carbons (Fsp3) is 0.500. The van der Waals surface area contributed by atoms with Crippen LogP contribution in [-0.2, 0) is 21.3 Å². The van der Waals surface area contributed by atoms with Gasteiger partial charge in [-0.1, -0.05) is 24.3 Å². The minimum atomic E-state index is -3.50. The van der Waals surface area contributed by atoms with Crippen molar-refractivity contribution in [2.45, 2.75) is 37.2 Å². The van der Waals surface area contributed by atoms with Crippen LogP contribution in [0.2, 0.25) is 0 Å². The van der Waals surface area contributed by atoms with Crippen LogP contribution in [0.5, 0.6) is 0 Å². The number of guanidine groups is 1. The molecule has 0 saturated heterocycles.